The van der Waals surface area contributed by atoms with Crippen LogP contribution in [0.5, 0.6) is 5.75 Å². The Morgan fingerprint density at radius 1 is 1.54 bits per heavy atom. The molecule has 0 aliphatic rings. The maximum Gasteiger partial charge on any atom is 0.119 e. The van der Waals surface area contributed by atoms with Gasteiger partial charge in [-0.15, -0.1) is 0 Å². The normalized spacial score (nSPS) is 12.9. The van der Waals surface area contributed by atoms with E-state index in [1.165, 1.54) is 0 Å². The fourth-order valence-corrected chi connectivity index (χ4v) is 1.77. The van der Waals surface area contributed by atoms with Crippen LogP contribution in [0.2, 0.25) is 0 Å². The lowest BCUT2D eigenvalue weighted by molar-refractivity contribution is 0.462. The van der Waals surface area contributed by atoms with Crippen molar-refractivity contribution in [2.75, 3.05) is 6.54 Å². The Morgan fingerprint density at radius 2 is 2.15 bits per heavy atom. The molecule has 0 bridgehead atoms. The van der Waals surface area contributed by atoms with Crippen LogP contribution in [0.15, 0.2) is 16.6 Å². The standard InChI is InChI=1S/C10H14BrNO/c1-6(5-12)10-7(2)8(11)3-4-9(10)13/h3-4,6,13H,5,12H2,1-2H3. The molecular weight excluding hydrogens is 230 g/mol. The fraction of sp³-hybridized carbons (Fsp3) is 0.400. The molecule has 0 amide bonds. The highest BCUT2D eigenvalue weighted by Gasteiger charge is 2.13. The maximum atomic E-state index is 9.64. The molecule has 1 aromatic rings. The van der Waals surface area contributed by atoms with Gasteiger partial charge >= 0.3 is 0 Å². The maximum absolute atomic E-state index is 9.64. The smallest absolute Gasteiger partial charge is 0.119 e. The van der Waals surface area contributed by atoms with Crippen LogP contribution in [0.1, 0.15) is 24.0 Å². The van der Waals surface area contributed by atoms with E-state index in [9.17, 15) is 5.11 Å². The third-order valence-corrected chi connectivity index (χ3v) is 3.13. The molecule has 0 saturated carbocycles. The lowest BCUT2D eigenvalue weighted by Gasteiger charge is -2.15. The molecule has 0 spiro atoms. The largest absolute Gasteiger partial charge is 0.508 e. The lowest BCUT2D eigenvalue weighted by Crippen LogP contribution is -2.10. The second kappa shape index (κ2) is 4.11. The number of phenols is 1. The first-order valence-electron chi connectivity index (χ1n) is 4.26. The predicted molar refractivity (Wildman–Crippen MR) is 58.0 cm³/mol. The van der Waals surface area contributed by atoms with E-state index in [0.717, 1.165) is 15.6 Å². The van der Waals surface area contributed by atoms with Crippen molar-refractivity contribution in [2.24, 2.45) is 5.73 Å². The van der Waals surface area contributed by atoms with Gasteiger partial charge in [-0.1, -0.05) is 22.9 Å². The lowest BCUT2D eigenvalue weighted by atomic mass is 9.95. The number of hydrogen-bond acceptors (Lipinski definition) is 2. The molecule has 2 nitrogen and oxygen atoms in total. The molecule has 0 fully saturated rings. The van der Waals surface area contributed by atoms with Crippen molar-refractivity contribution in [3.05, 3.63) is 27.7 Å². The molecule has 0 heterocycles. The molecule has 72 valence electrons. The van der Waals surface area contributed by atoms with Crippen LogP contribution in [-0.4, -0.2) is 11.7 Å². The zero-order valence-corrected chi connectivity index (χ0v) is 9.43. The van der Waals surface area contributed by atoms with Crippen LogP contribution in [-0.2, 0) is 0 Å². The number of aromatic hydroxyl groups is 1. The first-order chi connectivity index (χ1) is 6.07. The number of halogens is 1. The summed E-state index contributed by atoms with van der Waals surface area (Å²) in [4.78, 5) is 0. The Labute approximate surface area is 86.9 Å². The van der Waals surface area contributed by atoms with E-state index in [0.29, 0.717) is 12.3 Å². The second-order valence-electron chi connectivity index (χ2n) is 3.24. The van der Waals surface area contributed by atoms with Crippen molar-refractivity contribution < 1.29 is 5.11 Å². The van der Waals surface area contributed by atoms with Crippen LogP contribution < -0.4 is 5.73 Å². The molecule has 1 atom stereocenters. The summed E-state index contributed by atoms with van der Waals surface area (Å²) in [5, 5.41) is 9.64. The minimum Gasteiger partial charge on any atom is -0.508 e. The van der Waals surface area contributed by atoms with Gasteiger partial charge in [0.2, 0.25) is 0 Å². The van der Waals surface area contributed by atoms with Crippen molar-refractivity contribution >= 4 is 15.9 Å². The molecule has 0 aromatic heterocycles. The molecule has 0 aliphatic heterocycles. The molecule has 0 saturated heterocycles. The van der Waals surface area contributed by atoms with Crippen LogP contribution in [0.3, 0.4) is 0 Å². The molecule has 1 aromatic carbocycles. The van der Waals surface area contributed by atoms with Crippen LogP contribution in [0.4, 0.5) is 0 Å². The Balaban J connectivity index is 3.25. The number of nitrogens with two attached hydrogens (primary N) is 1. The summed E-state index contributed by atoms with van der Waals surface area (Å²) in [6.07, 6.45) is 0. The molecule has 3 heteroatoms. The Morgan fingerprint density at radius 3 is 2.69 bits per heavy atom. The summed E-state index contributed by atoms with van der Waals surface area (Å²) in [6, 6.07) is 3.54. The SMILES string of the molecule is Cc1c(Br)ccc(O)c1C(C)CN. The van der Waals surface area contributed by atoms with Gasteiger partial charge in [0.25, 0.3) is 0 Å². The number of rotatable bonds is 2. The highest BCUT2D eigenvalue weighted by Crippen LogP contribution is 2.32. The Bertz CT molecular complexity index is 312. The summed E-state index contributed by atoms with van der Waals surface area (Å²) in [5.41, 5.74) is 7.57. The third kappa shape index (κ3) is 2.03. The van der Waals surface area contributed by atoms with E-state index in [1.807, 2.05) is 19.9 Å². The zero-order chi connectivity index (χ0) is 10.0. The highest BCUT2D eigenvalue weighted by atomic mass is 79.9. The Kier molecular flexibility index (Phi) is 3.33. The van der Waals surface area contributed by atoms with Gasteiger partial charge in [-0.05, 0) is 37.1 Å². The van der Waals surface area contributed by atoms with Gasteiger partial charge in [-0.2, -0.15) is 0 Å². The molecule has 0 radical (unpaired) electrons. The first-order valence-corrected chi connectivity index (χ1v) is 5.05. The van der Waals surface area contributed by atoms with E-state index in [2.05, 4.69) is 15.9 Å². The summed E-state index contributed by atoms with van der Waals surface area (Å²) >= 11 is 3.43. The molecule has 13 heavy (non-hydrogen) atoms. The minimum atomic E-state index is 0.192. The number of hydrogen-bond donors (Lipinski definition) is 2. The van der Waals surface area contributed by atoms with Crippen molar-refractivity contribution in [3.8, 4) is 5.75 Å². The molecule has 0 aliphatic carbocycles. The third-order valence-electron chi connectivity index (χ3n) is 2.27. The van der Waals surface area contributed by atoms with E-state index in [4.69, 9.17) is 5.73 Å². The van der Waals surface area contributed by atoms with Gasteiger partial charge < -0.3 is 10.8 Å². The predicted octanol–water partition coefficient (Wildman–Crippen LogP) is 2.53. The monoisotopic (exact) mass is 243 g/mol. The molecule has 1 unspecified atom stereocenters. The van der Waals surface area contributed by atoms with Crippen molar-refractivity contribution in [1.29, 1.82) is 0 Å². The van der Waals surface area contributed by atoms with Crippen LogP contribution >= 0.6 is 15.9 Å². The van der Waals surface area contributed by atoms with Crippen LogP contribution in [0, 0.1) is 6.92 Å². The number of phenolic OH excluding ortho intramolecular Hbond substituents is 1. The van der Waals surface area contributed by atoms with Gasteiger partial charge in [0.15, 0.2) is 0 Å². The average molecular weight is 244 g/mol. The quantitative estimate of drug-likeness (QED) is 0.839. The molecular formula is C10H14BrNO. The number of benzene rings is 1. The highest BCUT2D eigenvalue weighted by molar-refractivity contribution is 9.10. The second-order valence-corrected chi connectivity index (χ2v) is 4.10. The minimum absolute atomic E-state index is 0.192. The molecule has 1 rings (SSSR count). The Hall–Kier alpha value is -0.540. The van der Waals surface area contributed by atoms with Crippen molar-refractivity contribution in [1.82, 2.24) is 0 Å². The van der Waals surface area contributed by atoms with Crippen molar-refractivity contribution in [3.63, 3.8) is 0 Å². The van der Waals surface area contributed by atoms with E-state index in [-0.39, 0.29) is 5.92 Å². The van der Waals surface area contributed by atoms with E-state index in [1.54, 1.807) is 6.07 Å². The summed E-state index contributed by atoms with van der Waals surface area (Å²) in [6.45, 7) is 4.53. The summed E-state index contributed by atoms with van der Waals surface area (Å²) in [7, 11) is 0. The van der Waals surface area contributed by atoms with Gasteiger partial charge in [-0.25, -0.2) is 0 Å². The summed E-state index contributed by atoms with van der Waals surface area (Å²) in [5.74, 6) is 0.524. The van der Waals surface area contributed by atoms with Gasteiger partial charge in [0.05, 0.1) is 0 Å². The van der Waals surface area contributed by atoms with Crippen molar-refractivity contribution in [2.45, 2.75) is 19.8 Å². The van der Waals surface area contributed by atoms with Crippen LogP contribution in [0.25, 0.3) is 0 Å². The van der Waals surface area contributed by atoms with Gasteiger partial charge in [0, 0.05) is 10.0 Å². The average Bonchev–Trinajstić information content (AvgIpc) is 2.12. The van der Waals surface area contributed by atoms with E-state index < -0.39 is 0 Å². The van der Waals surface area contributed by atoms with Gasteiger partial charge in [-0.3, -0.25) is 0 Å². The van der Waals surface area contributed by atoms with Gasteiger partial charge in [0.1, 0.15) is 5.75 Å². The zero-order valence-electron chi connectivity index (χ0n) is 7.84. The first kappa shape index (κ1) is 10.5. The van der Waals surface area contributed by atoms with E-state index >= 15 is 0 Å². The fourth-order valence-electron chi connectivity index (χ4n) is 1.43. The topological polar surface area (TPSA) is 46.2 Å². The molecule has 3 N–H and O–H groups in total. The summed E-state index contributed by atoms with van der Waals surface area (Å²) < 4.78 is 1.01.